The van der Waals surface area contributed by atoms with Crippen molar-refractivity contribution in [2.75, 3.05) is 13.7 Å². The molecule has 1 atom stereocenters. The molecule has 5 heteroatoms. The maximum absolute atomic E-state index is 5.45. The number of hydrazine groups is 1. The van der Waals surface area contributed by atoms with Gasteiger partial charge in [-0.3, -0.25) is 11.3 Å². The van der Waals surface area contributed by atoms with Gasteiger partial charge >= 0.3 is 0 Å². The maximum Gasteiger partial charge on any atom is 0.0586 e. The average molecular weight is 265 g/mol. The highest BCUT2D eigenvalue weighted by Gasteiger charge is 2.13. The number of methoxy groups -OCH3 is 1. The minimum atomic E-state index is 0.175. The van der Waals surface area contributed by atoms with Gasteiger partial charge in [-0.05, 0) is 33.8 Å². The van der Waals surface area contributed by atoms with Crippen LogP contribution in [-0.4, -0.2) is 13.7 Å². The number of nitrogens with one attached hydrogen (secondary N) is 1. The van der Waals surface area contributed by atoms with E-state index in [4.69, 9.17) is 10.6 Å². The lowest BCUT2D eigenvalue weighted by Gasteiger charge is -2.13. The van der Waals surface area contributed by atoms with Gasteiger partial charge in [0.1, 0.15) is 0 Å². The number of ether oxygens (including phenoxy) is 1. The van der Waals surface area contributed by atoms with E-state index in [-0.39, 0.29) is 6.04 Å². The molecule has 1 heterocycles. The first-order chi connectivity index (χ1) is 6.29. The van der Waals surface area contributed by atoms with Gasteiger partial charge in [0, 0.05) is 23.1 Å². The van der Waals surface area contributed by atoms with E-state index in [1.807, 2.05) is 11.4 Å². The number of halogens is 1. The Balaban J connectivity index is 2.61. The van der Waals surface area contributed by atoms with E-state index in [2.05, 4.69) is 21.4 Å². The maximum atomic E-state index is 5.45. The van der Waals surface area contributed by atoms with Gasteiger partial charge < -0.3 is 4.74 Å². The van der Waals surface area contributed by atoms with E-state index >= 15 is 0 Å². The summed E-state index contributed by atoms with van der Waals surface area (Å²) in [5, 5.41) is 2.04. The zero-order valence-corrected chi connectivity index (χ0v) is 9.82. The molecule has 1 aromatic rings. The fourth-order valence-corrected chi connectivity index (χ4v) is 2.83. The van der Waals surface area contributed by atoms with Gasteiger partial charge in [-0.1, -0.05) is 0 Å². The summed E-state index contributed by atoms with van der Waals surface area (Å²) in [7, 11) is 1.69. The highest BCUT2D eigenvalue weighted by atomic mass is 79.9. The Labute approximate surface area is 90.4 Å². The zero-order chi connectivity index (χ0) is 9.68. The average Bonchev–Trinajstić information content (AvgIpc) is 2.54. The quantitative estimate of drug-likeness (QED) is 0.632. The molecule has 0 aliphatic carbocycles. The fraction of sp³-hybridized carbons (Fsp3) is 0.500. The second-order valence-electron chi connectivity index (χ2n) is 2.63. The van der Waals surface area contributed by atoms with Crippen LogP contribution in [0, 0.1) is 0 Å². The SMILES string of the molecule is COCCC(NN)c1sccc1Br. The van der Waals surface area contributed by atoms with E-state index in [1.54, 1.807) is 18.4 Å². The molecular formula is C8H13BrN2OS. The Hall–Kier alpha value is 0.0600. The first-order valence-electron chi connectivity index (χ1n) is 3.97. The zero-order valence-electron chi connectivity index (χ0n) is 7.42. The third kappa shape index (κ3) is 3.03. The van der Waals surface area contributed by atoms with Crippen molar-refractivity contribution in [2.45, 2.75) is 12.5 Å². The van der Waals surface area contributed by atoms with Crippen molar-refractivity contribution < 1.29 is 4.74 Å². The molecule has 1 aromatic heterocycles. The van der Waals surface area contributed by atoms with Crippen LogP contribution >= 0.6 is 27.3 Å². The monoisotopic (exact) mass is 264 g/mol. The van der Waals surface area contributed by atoms with Gasteiger partial charge in [-0.15, -0.1) is 11.3 Å². The molecule has 0 fully saturated rings. The molecule has 1 rings (SSSR count). The molecule has 0 aliphatic heterocycles. The van der Waals surface area contributed by atoms with Gasteiger partial charge in [-0.2, -0.15) is 0 Å². The van der Waals surface area contributed by atoms with Crippen molar-refractivity contribution in [1.29, 1.82) is 0 Å². The standard InChI is InChI=1S/C8H13BrN2OS/c1-12-4-2-7(11-10)8-6(9)3-5-13-8/h3,5,7,11H,2,4,10H2,1H3. The normalized spacial score (nSPS) is 13.2. The summed E-state index contributed by atoms with van der Waals surface area (Å²) in [6, 6.07) is 2.20. The first-order valence-corrected chi connectivity index (χ1v) is 5.64. The predicted octanol–water partition coefficient (Wildman–Crippen LogP) is 2.05. The van der Waals surface area contributed by atoms with E-state index in [0.29, 0.717) is 6.61 Å². The number of thiophene rings is 1. The van der Waals surface area contributed by atoms with Crippen molar-refractivity contribution in [3.05, 3.63) is 20.8 Å². The van der Waals surface area contributed by atoms with Crippen LogP contribution in [-0.2, 0) is 4.74 Å². The van der Waals surface area contributed by atoms with Crippen LogP contribution < -0.4 is 11.3 Å². The molecule has 3 nitrogen and oxygen atoms in total. The molecule has 0 saturated carbocycles. The number of hydrogen-bond donors (Lipinski definition) is 2. The van der Waals surface area contributed by atoms with Crippen molar-refractivity contribution in [3.8, 4) is 0 Å². The molecule has 74 valence electrons. The number of nitrogens with two attached hydrogens (primary N) is 1. The molecule has 0 bridgehead atoms. The van der Waals surface area contributed by atoms with E-state index < -0.39 is 0 Å². The summed E-state index contributed by atoms with van der Waals surface area (Å²) >= 11 is 5.16. The molecule has 1 unspecified atom stereocenters. The summed E-state index contributed by atoms with van der Waals surface area (Å²) in [6.45, 7) is 0.708. The predicted molar refractivity (Wildman–Crippen MR) is 58.6 cm³/mol. The first kappa shape index (κ1) is 11.1. The minimum absolute atomic E-state index is 0.175. The van der Waals surface area contributed by atoms with Crippen LogP contribution in [0.15, 0.2) is 15.9 Å². The molecule has 0 aliphatic rings. The Morgan fingerprint density at radius 1 is 1.77 bits per heavy atom. The van der Waals surface area contributed by atoms with Gasteiger partial charge in [0.25, 0.3) is 0 Å². The van der Waals surface area contributed by atoms with Gasteiger partial charge in [0.2, 0.25) is 0 Å². The Morgan fingerprint density at radius 2 is 2.54 bits per heavy atom. The Kier molecular flexibility index (Phi) is 4.90. The van der Waals surface area contributed by atoms with Crippen LogP contribution in [0.5, 0.6) is 0 Å². The summed E-state index contributed by atoms with van der Waals surface area (Å²) in [4.78, 5) is 1.22. The highest BCUT2D eigenvalue weighted by Crippen LogP contribution is 2.30. The van der Waals surface area contributed by atoms with E-state index in [1.165, 1.54) is 4.88 Å². The molecule has 3 N–H and O–H groups in total. The number of rotatable bonds is 5. The van der Waals surface area contributed by atoms with Crippen LogP contribution in [0.25, 0.3) is 0 Å². The van der Waals surface area contributed by atoms with Gasteiger partial charge in [-0.25, -0.2) is 0 Å². The van der Waals surface area contributed by atoms with Gasteiger partial charge in [0.15, 0.2) is 0 Å². The molecule has 0 spiro atoms. The topological polar surface area (TPSA) is 47.3 Å². The fourth-order valence-electron chi connectivity index (χ4n) is 1.08. The van der Waals surface area contributed by atoms with Crippen LogP contribution in [0.4, 0.5) is 0 Å². The van der Waals surface area contributed by atoms with E-state index in [9.17, 15) is 0 Å². The Bertz CT molecular complexity index is 254. The van der Waals surface area contributed by atoms with Crippen molar-refractivity contribution in [2.24, 2.45) is 5.84 Å². The third-order valence-electron chi connectivity index (χ3n) is 1.77. The molecule has 0 aromatic carbocycles. The summed E-state index contributed by atoms with van der Waals surface area (Å²) in [5.41, 5.74) is 2.78. The highest BCUT2D eigenvalue weighted by molar-refractivity contribution is 9.10. The lowest BCUT2D eigenvalue weighted by Crippen LogP contribution is -2.28. The lowest BCUT2D eigenvalue weighted by molar-refractivity contribution is 0.183. The summed E-state index contributed by atoms with van der Waals surface area (Å²) < 4.78 is 6.11. The van der Waals surface area contributed by atoms with Crippen LogP contribution in [0.1, 0.15) is 17.3 Å². The van der Waals surface area contributed by atoms with E-state index in [0.717, 1.165) is 10.9 Å². The molecule has 0 amide bonds. The smallest absolute Gasteiger partial charge is 0.0586 e. The number of hydrogen-bond acceptors (Lipinski definition) is 4. The third-order valence-corrected chi connectivity index (χ3v) is 3.76. The largest absolute Gasteiger partial charge is 0.385 e. The Morgan fingerprint density at radius 3 is 3.00 bits per heavy atom. The summed E-state index contributed by atoms with van der Waals surface area (Å²) in [6.07, 6.45) is 0.881. The molecule has 0 saturated heterocycles. The molecule has 13 heavy (non-hydrogen) atoms. The second-order valence-corrected chi connectivity index (χ2v) is 4.44. The lowest BCUT2D eigenvalue weighted by atomic mass is 10.2. The van der Waals surface area contributed by atoms with Crippen LogP contribution in [0.2, 0.25) is 0 Å². The molecular weight excluding hydrogens is 252 g/mol. The van der Waals surface area contributed by atoms with Crippen molar-refractivity contribution in [1.82, 2.24) is 5.43 Å². The van der Waals surface area contributed by atoms with Gasteiger partial charge in [0.05, 0.1) is 6.04 Å². The molecule has 0 radical (unpaired) electrons. The second kappa shape index (κ2) is 5.72. The van der Waals surface area contributed by atoms with Crippen LogP contribution in [0.3, 0.4) is 0 Å². The van der Waals surface area contributed by atoms with Crippen molar-refractivity contribution in [3.63, 3.8) is 0 Å². The summed E-state index contributed by atoms with van der Waals surface area (Å²) in [5.74, 6) is 5.45. The minimum Gasteiger partial charge on any atom is -0.385 e. The van der Waals surface area contributed by atoms with Crippen molar-refractivity contribution >= 4 is 27.3 Å².